The van der Waals surface area contributed by atoms with Gasteiger partial charge in [-0.15, -0.1) is 0 Å². The molecule has 0 bridgehead atoms. The van der Waals surface area contributed by atoms with Gasteiger partial charge in [-0.25, -0.2) is 0 Å². The van der Waals surface area contributed by atoms with Gasteiger partial charge in [0.05, 0.1) is 11.4 Å². The summed E-state index contributed by atoms with van der Waals surface area (Å²) in [5.74, 6) is 0.734. The Balaban J connectivity index is 1.40. The van der Waals surface area contributed by atoms with E-state index in [0.717, 1.165) is 11.1 Å². The van der Waals surface area contributed by atoms with E-state index >= 15 is 0 Å². The van der Waals surface area contributed by atoms with Gasteiger partial charge in [0.25, 0.3) is 0 Å². The standard InChI is InChI=1S/C29H33NO3S/c1-5-21(2)20-29(4)27(22(3)28(32)34-29)33-19-9-18-30-26(31)17-14-23-12-15-25(16-13-23)24-10-7-6-8-11-24/h5-8,10-13,15-16,20H,1,9,14,17-19H2,2-4H3,(H,30,31)/b21-20+. The maximum absolute atomic E-state index is 12.3. The van der Waals surface area contributed by atoms with Crippen LogP contribution in [0.25, 0.3) is 11.1 Å². The topological polar surface area (TPSA) is 55.4 Å². The molecule has 0 saturated heterocycles. The predicted molar refractivity (Wildman–Crippen MR) is 141 cm³/mol. The van der Waals surface area contributed by atoms with Crippen LogP contribution in [0, 0.1) is 0 Å². The number of hydrogen-bond donors (Lipinski definition) is 1. The van der Waals surface area contributed by atoms with E-state index in [4.69, 9.17) is 4.74 Å². The Morgan fingerprint density at radius 1 is 1.12 bits per heavy atom. The molecule has 0 aliphatic carbocycles. The molecule has 1 amide bonds. The summed E-state index contributed by atoms with van der Waals surface area (Å²) in [6, 6.07) is 18.6. The fraction of sp³-hybridized carbons (Fsp3) is 0.310. The summed E-state index contributed by atoms with van der Waals surface area (Å²) >= 11 is 1.27. The second-order valence-corrected chi connectivity index (χ2v) is 10.1. The van der Waals surface area contributed by atoms with Gasteiger partial charge in [0.15, 0.2) is 0 Å². The van der Waals surface area contributed by atoms with E-state index in [9.17, 15) is 9.59 Å². The summed E-state index contributed by atoms with van der Waals surface area (Å²) in [4.78, 5) is 24.5. The molecule has 1 heterocycles. The second kappa shape index (κ2) is 11.9. The van der Waals surface area contributed by atoms with E-state index < -0.39 is 4.75 Å². The van der Waals surface area contributed by atoms with E-state index in [2.05, 4.69) is 48.3 Å². The molecule has 3 rings (SSSR count). The van der Waals surface area contributed by atoms with Crippen LogP contribution in [0.3, 0.4) is 0 Å². The van der Waals surface area contributed by atoms with Crippen molar-refractivity contribution in [1.82, 2.24) is 5.32 Å². The largest absolute Gasteiger partial charge is 0.496 e. The minimum absolute atomic E-state index is 0.0310. The SMILES string of the molecule is C=C/C(C)=C/C1(C)SC(=O)C(C)=C1OCCCNC(=O)CCc1ccc(-c2ccccc2)cc1. The lowest BCUT2D eigenvalue weighted by molar-refractivity contribution is -0.121. The highest BCUT2D eigenvalue weighted by Crippen LogP contribution is 2.45. The van der Waals surface area contributed by atoms with Gasteiger partial charge in [0, 0.05) is 18.5 Å². The number of ether oxygens (including phenoxy) is 1. The number of amides is 1. The summed E-state index contributed by atoms with van der Waals surface area (Å²) in [6.07, 6.45) is 5.62. The summed E-state index contributed by atoms with van der Waals surface area (Å²) in [6.45, 7) is 10.5. The van der Waals surface area contributed by atoms with E-state index in [1.54, 1.807) is 13.0 Å². The fourth-order valence-corrected chi connectivity index (χ4v) is 5.12. The number of carbonyl (C=O) groups excluding carboxylic acids is 2. The van der Waals surface area contributed by atoms with E-state index in [1.165, 1.54) is 22.9 Å². The lowest BCUT2D eigenvalue weighted by Crippen LogP contribution is -2.26. The molecule has 0 spiro atoms. The number of rotatable bonds is 11. The first kappa shape index (κ1) is 25.6. The van der Waals surface area contributed by atoms with Gasteiger partial charge in [-0.1, -0.05) is 90.7 Å². The predicted octanol–water partition coefficient (Wildman–Crippen LogP) is 6.25. The molecule has 1 aliphatic rings. The zero-order valence-electron chi connectivity index (χ0n) is 20.2. The van der Waals surface area contributed by atoms with Crippen molar-refractivity contribution in [1.29, 1.82) is 0 Å². The number of nitrogens with one attached hydrogen (secondary N) is 1. The number of carbonyl (C=O) groups is 2. The van der Waals surface area contributed by atoms with Gasteiger partial charge >= 0.3 is 0 Å². The van der Waals surface area contributed by atoms with Gasteiger partial charge in [0.1, 0.15) is 5.76 Å². The lowest BCUT2D eigenvalue weighted by atomic mass is 10.0. The molecule has 1 atom stereocenters. The molecule has 0 fully saturated rings. The Hall–Kier alpha value is -3.05. The van der Waals surface area contributed by atoms with Crippen LogP contribution in [-0.2, 0) is 20.7 Å². The molecule has 4 nitrogen and oxygen atoms in total. The summed E-state index contributed by atoms with van der Waals surface area (Å²) in [7, 11) is 0. The van der Waals surface area contributed by atoms with Crippen LogP contribution in [0.1, 0.15) is 39.2 Å². The Labute approximate surface area is 207 Å². The molecular weight excluding hydrogens is 442 g/mol. The lowest BCUT2D eigenvalue weighted by Gasteiger charge is -2.23. The van der Waals surface area contributed by atoms with Crippen molar-refractivity contribution in [2.75, 3.05) is 13.2 Å². The molecule has 2 aromatic rings. The summed E-state index contributed by atoms with van der Waals surface area (Å²) in [5.41, 5.74) is 5.16. The molecule has 34 heavy (non-hydrogen) atoms. The summed E-state index contributed by atoms with van der Waals surface area (Å²) < 4.78 is 5.50. The zero-order chi connectivity index (χ0) is 24.6. The highest BCUT2D eigenvalue weighted by Gasteiger charge is 2.41. The third kappa shape index (κ3) is 6.73. The summed E-state index contributed by atoms with van der Waals surface area (Å²) in [5, 5.41) is 3.00. The first-order valence-electron chi connectivity index (χ1n) is 11.6. The van der Waals surface area contributed by atoms with Gasteiger partial charge < -0.3 is 10.1 Å². The molecule has 5 heteroatoms. The van der Waals surface area contributed by atoms with Gasteiger partial charge in [0.2, 0.25) is 11.0 Å². The van der Waals surface area contributed by atoms with Crippen molar-refractivity contribution in [2.45, 2.75) is 44.8 Å². The van der Waals surface area contributed by atoms with Crippen LogP contribution >= 0.6 is 11.8 Å². The van der Waals surface area contributed by atoms with E-state index in [0.29, 0.717) is 43.7 Å². The minimum atomic E-state index is -0.515. The molecular formula is C29H33NO3S. The molecule has 2 aromatic carbocycles. The van der Waals surface area contributed by atoms with E-state index in [1.807, 2.05) is 38.1 Å². The molecule has 0 aromatic heterocycles. The normalized spacial score (nSPS) is 18.2. The molecule has 178 valence electrons. The first-order chi connectivity index (χ1) is 16.3. The Morgan fingerprint density at radius 3 is 2.47 bits per heavy atom. The molecule has 1 N–H and O–H groups in total. The van der Waals surface area contributed by atoms with Crippen molar-refractivity contribution < 1.29 is 14.3 Å². The number of aryl methyl sites for hydroxylation is 1. The third-order valence-corrected chi connectivity index (χ3v) is 7.04. The Kier molecular flexibility index (Phi) is 8.94. The first-order valence-corrected chi connectivity index (χ1v) is 12.4. The number of benzene rings is 2. The van der Waals surface area contributed by atoms with Crippen LogP contribution in [0.2, 0.25) is 0 Å². The average Bonchev–Trinajstić information content (AvgIpc) is 3.05. The fourth-order valence-electron chi connectivity index (χ4n) is 3.94. The zero-order valence-corrected chi connectivity index (χ0v) is 21.0. The third-order valence-electron chi connectivity index (χ3n) is 5.82. The van der Waals surface area contributed by atoms with Crippen LogP contribution in [0.4, 0.5) is 0 Å². The van der Waals surface area contributed by atoms with Crippen molar-refractivity contribution >= 4 is 22.8 Å². The number of hydrogen-bond acceptors (Lipinski definition) is 4. The van der Waals surface area contributed by atoms with Crippen molar-refractivity contribution in [3.8, 4) is 11.1 Å². The average molecular weight is 476 g/mol. The van der Waals surface area contributed by atoms with Gasteiger partial charge in [-0.2, -0.15) is 0 Å². The highest BCUT2D eigenvalue weighted by molar-refractivity contribution is 8.16. The molecule has 0 radical (unpaired) electrons. The quantitative estimate of drug-likeness (QED) is 0.308. The minimum Gasteiger partial charge on any atom is -0.496 e. The highest BCUT2D eigenvalue weighted by atomic mass is 32.2. The maximum Gasteiger partial charge on any atom is 0.220 e. The monoisotopic (exact) mass is 475 g/mol. The van der Waals surface area contributed by atoms with Crippen molar-refractivity contribution in [3.63, 3.8) is 0 Å². The number of allylic oxidation sites excluding steroid dienone is 2. The maximum atomic E-state index is 12.3. The Bertz CT molecular complexity index is 1090. The Morgan fingerprint density at radius 2 is 1.79 bits per heavy atom. The second-order valence-electron chi connectivity index (χ2n) is 8.66. The van der Waals surface area contributed by atoms with Crippen molar-refractivity contribution in [2.24, 2.45) is 0 Å². The van der Waals surface area contributed by atoms with Gasteiger partial charge in [-0.05, 0) is 50.3 Å². The van der Waals surface area contributed by atoms with Gasteiger partial charge in [-0.3, -0.25) is 9.59 Å². The van der Waals surface area contributed by atoms with Crippen LogP contribution < -0.4 is 5.32 Å². The molecule has 0 saturated carbocycles. The van der Waals surface area contributed by atoms with Crippen molar-refractivity contribution in [3.05, 3.63) is 95.8 Å². The molecule has 1 unspecified atom stereocenters. The van der Waals surface area contributed by atoms with Crippen LogP contribution in [0.5, 0.6) is 0 Å². The molecule has 1 aliphatic heterocycles. The van der Waals surface area contributed by atoms with Crippen LogP contribution in [0.15, 0.2) is 90.2 Å². The smallest absolute Gasteiger partial charge is 0.220 e. The number of thioether (sulfide) groups is 1. The van der Waals surface area contributed by atoms with E-state index in [-0.39, 0.29) is 11.0 Å². The van der Waals surface area contributed by atoms with Crippen LogP contribution in [-0.4, -0.2) is 28.9 Å².